The summed E-state index contributed by atoms with van der Waals surface area (Å²) in [4.78, 5) is 24.5. The third-order valence-electron chi connectivity index (χ3n) is 6.64. The van der Waals surface area contributed by atoms with Gasteiger partial charge in [-0.3, -0.25) is 4.79 Å². The summed E-state index contributed by atoms with van der Waals surface area (Å²) in [6.07, 6.45) is 2.58. The van der Waals surface area contributed by atoms with E-state index in [9.17, 15) is 14.7 Å². The molecule has 3 aliphatic carbocycles. The minimum atomic E-state index is -1.42. The number of esters is 1. The van der Waals surface area contributed by atoms with Gasteiger partial charge in [-0.15, -0.1) is 0 Å². The van der Waals surface area contributed by atoms with E-state index in [0.29, 0.717) is 18.8 Å². The maximum atomic E-state index is 12.3. The zero-order valence-electron chi connectivity index (χ0n) is 11.4. The first-order chi connectivity index (χ1) is 8.83. The van der Waals surface area contributed by atoms with Crippen LogP contribution in [-0.4, -0.2) is 29.1 Å². The molecule has 0 radical (unpaired) electrons. The van der Waals surface area contributed by atoms with Gasteiger partial charge in [0.15, 0.2) is 5.60 Å². The number of rotatable bonds is 0. The van der Waals surface area contributed by atoms with Crippen molar-refractivity contribution in [3.05, 3.63) is 0 Å². The maximum Gasteiger partial charge on any atom is 0.338 e. The first-order valence-electron chi connectivity index (χ1n) is 7.25. The SMILES string of the molecule is CC1(C)CC23C4COC(=O)C2(O)CCC1C3CC4=O. The Bertz CT molecular complexity index is 496. The fraction of sp³-hybridized carbons (Fsp3) is 0.867. The lowest BCUT2D eigenvalue weighted by Crippen LogP contribution is -2.64. The van der Waals surface area contributed by atoms with Gasteiger partial charge in [-0.25, -0.2) is 4.79 Å². The molecule has 104 valence electrons. The Labute approximate surface area is 112 Å². The number of carbonyl (C=O) groups excluding carboxylic acids is 2. The van der Waals surface area contributed by atoms with Crippen molar-refractivity contribution in [1.29, 1.82) is 0 Å². The van der Waals surface area contributed by atoms with Crippen LogP contribution < -0.4 is 0 Å². The third kappa shape index (κ3) is 1.04. The van der Waals surface area contributed by atoms with Crippen molar-refractivity contribution in [3.8, 4) is 0 Å². The van der Waals surface area contributed by atoms with Crippen molar-refractivity contribution >= 4 is 11.8 Å². The second kappa shape index (κ2) is 3.05. The van der Waals surface area contributed by atoms with E-state index in [0.717, 1.165) is 12.8 Å². The summed E-state index contributed by atoms with van der Waals surface area (Å²) in [5, 5.41) is 11.0. The van der Waals surface area contributed by atoms with Crippen LogP contribution in [0.5, 0.6) is 0 Å². The summed E-state index contributed by atoms with van der Waals surface area (Å²) in [5.41, 5.74) is -1.85. The monoisotopic (exact) mass is 264 g/mol. The van der Waals surface area contributed by atoms with E-state index in [1.165, 1.54) is 0 Å². The summed E-state index contributed by atoms with van der Waals surface area (Å²) in [6.45, 7) is 4.62. The Balaban J connectivity index is 1.95. The van der Waals surface area contributed by atoms with Crippen LogP contribution in [0.1, 0.15) is 39.5 Å². The normalized spacial score (nSPS) is 53.9. The molecule has 1 aliphatic heterocycles. The topological polar surface area (TPSA) is 63.6 Å². The highest BCUT2D eigenvalue weighted by Gasteiger charge is 2.78. The predicted octanol–water partition coefficient (Wildman–Crippen LogP) is 1.31. The van der Waals surface area contributed by atoms with Crippen LogP contribution >= 0.6 is 0 Å². The number of Topliss-reactive ketones (excluding diaryl/α,β-unsaturated/α-hetero) is 1. The lowest BCUT2D eigenvalue weighted by molar-refractivity contribution is -0.221. The summed E-state index contributed by atoms with van der Waals surface area (Å²) >= 11 is 0. The molecule has 4 heteroatoms. The first kappa shape index (κ1) is 11.9. The molecule has 4 rings (SSSR count). The fourth-order valence-corrected chi connectivity index (χ4v) is 6.01. The second-order valence-corrected chi connectivity index (χ2v) is 7.64. The van der Waals surface area contributed by atoms with Crippen LogP contribution in [0.3, 0.4) is 0 Å². The third-order valence-corrected chi connectivity index (χ3v) is 6.64. The highest BCUT2D eigenvalue weighted by Crippen LogP contribution is 2.74. The highest BCUT2D eigenvalue weighted by molar-refractivity contribution is 5.92. The zero-order chi connectivity index (χ0) is 13.6. The molecule has 4 aliphatic rings. The standard InChI is InChI=1S/C15H20O4/c1-13(2)7-14-9-5-11(16)10(14)6-19-12(17)15(14,18)4-3-8(9)13/h8-10,18H,3-7H2,1-2H3. The molecule has 2 bridgehead atoms. The Morgan fingerprint density at radius 3 is 2.74 bits per heavy atom. The van der Waals surface area contributed by atoms with Crippen LogP contribution in [0.15, 0.2) is 0 Å². The molecule has 0 aromatic rings. The number of aliphatic hydroxyl groups is 1. The zero-order valence-corrected chi connectivity index (χ0v) is 11.4. The van der Waals surface area contributed by atoms with Crippen molar-refractivity contribution in [2.24, 2.45) is 28.6 Å². The lowest BCUT2D eigenvalue weighted by atomic mass is 9.55. The van der Waals surface area contributed by atoms with Gasteiger partial charge in [0.1, 0.15) is 12.4 Å². The van der Waals surface area contributed by atoms with Gasteiger partial charge in [0.2, 0.25) is 0 Å². The maximum absolute atomic E-state index is 12.3. The lowest BCUT2D eigenvalue weighted by Gasteiger charge is -2.52. The average molecular weight is 264 g/mol. The summed E-state index contributed by atoms with van der Waals surface area (Å²) in [5.74, 6) is 0.0573. The van der Waals surface area contributed by atoms with Gasteiger partial charge in [0, 0.05) is 11.8 Å². The largest absolute Gasteiger partial charge is 0.463 e. The van der Waals surface area contributed by atoms with E-state index in [4.69, 9.17) is 4.74 Å². The van der Waals surface area contributed by atoms with Crippen molar-refractivity contribution < 1.29 is 19.4 Å². The number of hydrogen-bond donors (Lipinski definition) is 1. The molecule has 0 aromatic heterocycles. The average Bonchev–Trinajstić information content (AvgIpc) is 2.66. The van der Waals surface area contributed by atoms with Gasteiger partial charge in [-0.2, -0.15) is 0 Å². The quantitative estimate of drug-likeness (QED) is 0.670. The molecule has 5 unspecified atom stereocenters. The number of ketones is 1. The summed E-state index contributed by atoms with van der Waals surface area (Å²) < 4.78 is 5.15. The molecule has 1 heterocycles. The van der Waals surface area contributed by atoms with E-state index >= 15 is 0 Å². The highest BCUT2D eigenvalue weighted by atomic mass is 16.6. The molecule has 4 fully saturated rings. The van der Waals surface area contributed by atoms with Gasteiger partial charge in [0.25, 0.3) is 0 Å². The van der Waals surface area contributed by atoms with Crippen LogP contribution in [0.25, 0.3) is 0 Å². The van der Waals surface area contributed by atoms with E-state index in [2.05, 4.69) is 13.8 Å². The minimum absolute atomic E-state index is 0.103. The van der Waals surface area contributed by atoms with Crippen molar-refractivity contribution in [2.75, 3.05) is 6.61 Å². The molecule has 0 aromatic carbocycles. The number of ether oxygens (including phenoxy) is 1. The molecule has 1 spiro atoms. The van der Waals surface area contributed by atoms with E-state index in [1.807, 2.05) is 0 Å². The first-order valence-corrected chi connectivity index (χ1v) is 7.25. The molecule has 0 amide bonds. The Morgan fingerprint density at radius 1 is 1.26 bits per heavy atom. The van der Waals surface area contributed by atoms with E-state index in [-0.39, 0.29) is 29.6 Å². The van der Waals surface area contributed by atoms with E-state index < -0.39 is 17.0 Å². The van der Waals surface area contributed by atoms with Gasteiger partial charge >= 0.3 is 5.97 Å². The van der Waals surface area contributed by atoms with E-state index in [1.54, 1.807) is 0 Å². The predicted molar refractivity (Wildman–Crippen MR) is 66.1 cm³/mol. The van der Waals surface area contributed by atoms with Gasteiger partial charge in [-0.05, 0) is 36.5 Å². The Hall–Kier alpha value is -0.900. The molecule has 3 saturated carbocycles. The molecule has 1 saturated heterocycles. The second-order valence-electron chi connectivity index (χ2n) is 7.64. The Kier molecular flexibility index (Phi) is 1.91. The number of cyclic esters (lactones) is 1. The molecule has 4 nitrogen and oxygen atoms in total. The van der Waals surface area contributed by atoms with Crippen LogP contribution in [-0.2, 0) is 14.3 Å². The van der Waals surface area contributed by atoms with Gasteiger partial charge in [-0.1, -0.05) is 13.8 Å². The summed E-state index contributed by atoms with van der Waals surface area (Å²) in [6, 6.07) is 0. The van der Waals surface area contributed by atoms with Crippen LogP contribution in [0.4, 0.5) is 0 Å². The van der Waals surface area contributed by atoms with Crippen molar-refractivity contribution in [1.82, 2.24) is 0 Å². The number of hydrogen-bond acceptors (Lipinski definition) is 4. The van der Waals surface area contributed by atoms with Crippen LogP contribution in [0, 0.1) is 28.6 Å². The van der Waals surface area contributed by atoms with Crippen molar-refractivity contribution in [2.45, 2.75) is 45.1 Å². The fourth-order valence-electron chi connectivity index (χ4n) is 6.01. The molecule has 19 heavy (non-hydrogen) atoms. The molecular formula is C15H20O4. The van der Waals surface area contributed by atoms with Gasteiger partial charge in [0.05, 0.1) is 5.92 Å². The number of carbonyl (C=O) groups is 2. The summed E-state index contributed by atoms with van der Waals surface area (Å²) in [7, 11) is 0. The molecular weight excluding hydrogens is 244 g/mol. The molecule has 1 N–H and O–H groups in total. The molecule has 5 atom stereocenters. The van der Waals surface area contributed by atoms with Crippen LogP contribution in [0.2, 0.25) is 0 Å². The Morgan fingerprint density at radius 2 is 2.00 bits per heavy atom. The minimum Gasteiger partial charge on any atom is -0.463 e. The smallest absolute Gasteiger partial charge is 0.338 e. The van der Waals surface area contributed by atoms with Crippen molar-refractivity contribution in [3.63, 3.8) is 0 Å². The van der Waals surface area contributed by atoms with Gasteiger partial charge < -0.3 is 9.84 Å².